The van der Waals surface area contributed by atoms with E-state index in [1.165, 1.54) is 6.20 Å². The predicted molar refractivity (Wildman–Crippen MR) is 76.2 cm³/mol. The molecule has 0 fully saturated rings. The lowest BCUT2D eigenvalue weighted by Crippen LogP contribution is -2.34. The molecule has 0 aliphatic carbocycles. The van der Waals surface area contributed by atoms with Crippen LogP contribution in [0, 0.1) is 0 Å². The topological polar surface area (TPSA) is 79.3 Å². The molecule has 5 nitrogen and oxygen atoms in total. The minimum absolute atomic E-state index is 0.287. The van der Waals surface area contributed by atoms with E-state index >= 15 is 0 Å². The Hall–Kier alpha value is -2.21. The van der Waals surface area contributed by atoms with Gasteiger partial charge < -0.3 is 10.4 Å². The Bertz CT molecular complexity index is 631. The number of aromatic nitrogens is 1. The first-order valence-corrected chi connectivity index (χ1v) is 6.58. The van der Waals surface area contributed by atoms with Gasteiger partial charge in [-0.05, 0) is 33.6 Å². The highest BCUT2D eigenvalue weighted by atomic mass is 79.9. The van der Waals surface area contributed by atoms with Crippen LogP contribution in [-0.4, -0.2) is 22.0 Å². The number of carboxylic acids is 1. The second-order valence-corrected chi connectivity index (χ2v) is 4.75. The zero-order valence-electron chi connectivity index (χ0n) is 10.3. The van der Waals surface area contributed by atoms with Crippen molar-refractivity contribution in [1.82, 2.24) is 10.3 Å². The minimum Gasteiger partial charge on any atom is -0.479 e. The molecule has 0 aliphatic heterocycles. The number of hydrogen-bond donors (Lipinski definition) is 2. The molecule has 102 valence electrons. The third-order valence-corrected chi connectivity index (χ3v) is 3.29. The van der Waals surface area contributed by atoms with Crippen molar-refractivity contribution in [2.45, 2.75) is 6.04 Å². The molecule has 1 atom stereocenters. The molecule has 0 bridgehead atoms. The first kappa shape index (κ1) is 14.2. The Labute approximate surface area is 123 Å². The van der Waals surface area contributed by atoms with Crippen molar-refractivity contribution in [3.63, 3.8) is 0 Å². The number of benzene rings is 1. The van der Waals surface area contributed by atoms with Gasteiger partial charge in [-0.3, -0.25) is 4.79 Å². The van der Waals surface area contributed by atoms with Gasteiger partial charge in [0.25, 0.3) is 5.91 Å². The van der Waals surface area contributed by atoms with E-state index in [1.54, 1.807) is 42.5 Å². The molecule has 1 amide bonds. The van der Waals surface area contributed by atoms with E-state index < -0.39 is 17.9 Å². The number of carbonyl (C=O) groups is 2. The summed E-state index contributed by atoms with van der Waals surface area (Å²) in [7, 11) is 0. The van der Waals surface area contributed by atoms with E-state index in [0.29, 0.717) is 10.2 Å². The number of hydrogen-bond acceptors (Lipinski definition) is 3. The maximum absolute atomic E-state index is 12.1. The Balaban J connectivity index is 2.24. The van der Waals surface area contributed by atoms with Crippen molar-refractivity contribution in [2.24, 2.45) is 0 Å². The third-order valence-electron chi connectivity index (χ3n) is 2.66. The monoisotopic (exact) mass is 334 g/mol. The van der Waals surface area contributed by atoms with Gasteiger partial charge in [-0.1, -0.05) is 30.3 Å². The molecule has 1 unspecified atom stereocenters. The lowest BCUT2D eigenvalue weighted by molar-refractivity contribution is -0.139. The largest absolute Gasteiger partial charge is 0.479 e. The summed E-state index contributed by atoms with van der Waals surface area (Å²) < 4.78 is 0.370. The van der Waals surface area contributed by atoms with Gasteiger partial charge in [-0.25, -0.2) is 9.78 Å². The van der Waals surface area contributed by atoms with Crippen molar-refractivity contribution in [3.8, 4) is 0 Å². The summed E-state index contributed by atoms with van der Waals surface area (Å²) in [6, 6.07) is 10.6. The Morgan fingerprint density at radius 2 is 1.85 bits per heavy atom. The molecule has 20 heavy (non-hydrogen) atoms. The van der Waals surface area contributed by atoms with Gasteiger partial charge in [0.1, 0.15) is 4.60 Å². The van der Waals surface area contributed by atoms with Gasteiger partial charge in [0, 0.05) is 6.20 Å². The predicted octanol–water partition coefficient (Wildman–Crippen LogP) is 2.40. The van der Waals surface area contributed by atoms with Crippen molar-refractivity contribution in [1.29, 1.82) is 0 Å². The van der Waals surface area contributed by atoms with Gasteiger partial charge >= 0.3 is 5.97 Å². The van der Waals surface area contributed by atoms with Gasteiger partial charge in [0.2, 0.25) is 0 Å². The summed E-state index contributed by atoms with van der Waals surface area (Å²) in [5.41, 5.74) is 0.794. The molecule has 2 N–H and O–H groups in total. The molecular formula is C14H11BrN2O3. The molecular weight excluding hydrogens is 324 g/mol. The molecule has 1 aromatic carbocycles. The summed E-state index contributed by atoms with van der Waals surface area (Å²) in [5.74, 6) is -1.62. The van der Waals surface area contributed by atoms with Crippen LogP contribution in [0.2, 0.25) is 0 Å². The lowest BCUT2D eigenvalue weighted by atomic mass is 10.1. The number of halogens is 1. The molecule has 0 aliphatic rings. The standard InChI is InChI=1S/C14H11BrN2O3/c15-12-10(7-4-8-16-12)13(18)17-11(14(19)20)9-5-2-1-3-6-9/h1-8,11H,(H,17,18)(H,19,20). The number of carboxylic acid groups (broad SMARTS) is 1. The SMILES string of the molecule is O=C(NC(C(=O)O)c1ccccc1)c1cccnc1Br. The van der Waals surface area contributed by atoms with Crippen molar-refractivity contribution < 1.29 is 14.7 Å². The fraction of sp³-hybridized carbons (Fsp3) is 0.0714. The van der Waals surface area contributed by atoms with Crippen LogP contribution in [0.1, 0.15) is 22.0 Å². The average molecular weight is 335 g/mol. The van der Waals surface area contributed by atoms with E-state index in [2.05, 4.69) is 26.2 Å². The van der Waals surface area contributed by atoms with E-state index in [-0.39, 0.29) is 5.56 Å². The minimum atomic E-state index is -1.12. The summed E-state index contributed by atoms with van der Waals surface area (Å²) in [5, 5.41) is 11.7. The van der Waals surface area contributed by atoms with Crippen LogP contribution in [0.15, 0.2) is 53.3 Å². The van der Waals surface area contributed by atoms with Crippen LogP contribution in [0.5, 0.6) is 0 Å². The number of nitrogens with zero attached hydrogens (tertiary/aromatic N) is 1. The molecule has 2 aromatic rings. The lowest BCUT2D eigenvalue weighted by Gasteiger charge is -2.15. The molecule has 0 saturated heterocycles. The van der Waals surface area contributed by atoms with Gasteiger partial charge in [0.05, 0.1) is 5.56 Å². The molecule has 0 radical (unpaired) electrons. The molecule has 1 aromatic heterocycles. The van der Waals surface area contributed by atoms with Crippen molar-refractivity contribution in [2.75, 3.05) is 0 Å². The quantitative estimate of drug-likeness (QED) is 0.841. The zero-order chi connectivity index (χ0) is 14.5. The molecule has 2 rings (SSSR count). The maximum atomic E-state index is 12.1. The smallest absolute Gasteiger partial charge is 0.330 e. The first-order chi connectivity index (χ1) is 9.59. The van der Waals surface area contributed by atoms with Crippen LogP contribution in [0.25, 0.3) is 0 Å². The van der Waals surface area contributed by atoms with E-state index in [0.717, 1.165) is 0 Å². The Morgan fingerprint density at radius 1 is 1.15 bits per heavy atom. The number of amides is 1. The Morgan fingerprint density at radius 3 is 2.45 bits per heavy atom. The maximum Gasteiger partial charge on any atom is 0.330 e. The van der Waals surface area contributed by atoms with Crippen LogP contribution in [-0.2, 0) is 4.79 Å². The second kappa shape index (κ2) is 6.29. The van der Waals surface area contributed by atoms with E-state index in [4.69, 9.17) is 0 Å². The van der Waals surface area contributed by atoms with Gasteiger partial charge in [0.15, 0.2) is 6.04 Å². The highest BCUT2D eigenvalue weighted by molar-refractivity contribution is 9.10. The second-order valence-electron chi connectivity index (χ2n) is 4.00. The van der Waals surface area contributed by atoms with E-state index in [9.17, 15) is 14.7 Å². The number of nitrogens with one attached hydrogen (secondary N) is 1. The molecule has 0 spiro atoms. The number of carbonyl (C=O) groups excluding carboxylic acids is 1. The highest BCUT2D eigenvalue weighted by Gasteiger charge is 2.23. The van der Waals surface area contributed by atoms with E-state index in [1.807, 2.05) is 0 Å². The zero-order valence-corrected chi connectivity index (χ0v) is 11.9. The fourth-order valence-electron chi connectivity index (χ4n) is 1.70. The van der Waals surface area contributed by atoms with Gasteiger partial charge in [-0.15, -0.1) is 0 Å². The van der Waals surface area contributed by atoms with Crippen molar-refractivity contribution >= 4 is 27.8 Å². The summed E-state index contributed by atoms with van der Waals surface area (Å²) in [6.07, 6.45) is 1.53. The summed E-state index contributed by atoms with van der Waals surface area (Å²) >= 11 is 3.16. The Kier molecular flexibility index (Phi) is 4.47. The number of aliphatic carboxylic acids is 1. The number of rotatable bonds is 4. The molecule has 6 heteroatoms. The summed E-state index contributed by atoms with van der Waals surface area (Å²) in [4.78, 5) is 27.4. The van der Waals surface area contributed by atoms with Crippen LogP contribution < -0.4 is 5.32 Å². The summed E-state index contributed by atoms with van der Waals surface area (Å²) in [6.45, 7) is 0. The number of pyridine rings is 1. The van der Waals surface area contributed by atoms with Crippen LogP contribution >= 0.6 is 15.9 Å². The fourth-order valence-corrected chi connectivity index (χ4v) is 2.13. The molecule has 0 saturated carbocycles. The van der Waals surface area contributed by atoms with Crippen molar-refractivity contribution in [3.05, 3.63) is 64.4 Å². The normalized spacial score (nSPS) is 11.7. The molecule has 1 heterocycles. The van der Waals surface area contributed by atoms with Crippen LogP contribution in [0.3, 0.4) is 0 Å². The highest BCUT2D eigenvalue weighted by Crippen LogP contribution is 2.16. The van der Waals surface area contributed by atoms with Crippen LogP contribution in [0.4, 0.5) is 0 Å². The first-order valence-electron chi connectivity index (χ1n) is 5.78. The average Bonchev–Trinajstić information content (AvgIpc) is 2.45. The third kappa shape index (κ3) is 3.21. The van der Waals surface area contributed by atoms with Gasteiger partial charge in [-0.2, -0.15) is 0 Å².